The van der Waals surface area contributed by atoms with E-state index in [4.69, 9.17) is 18.0 Å². The molecule has 1 aromatic rings. The summed E-state index contributed by atoms with van der Waals surface area (Å²) >= 11 is 5.96. The molecule has 0 atom stereocenters. The SMILES string of the molecule is Cc1ccc(S(=O)(=O)NCCCC(N)=S)s1. The van der Waals surface area contributed by atoms with Crippen LogP contribution in [0, 0.1) is 6.92 Å². The van der Waals surface area contributed by atoms with Crippen molar-refractivity contribution in [1.29, 1.82) is 0 Å². The van der Waals surface area contributed by atoms with Gasteiger partial charge in [0.2, 0.25) is 10.0 Å². The number of nitrogens with one attached hydrogen (secondary N) is 1. The Morgan fingerprint density at radius 1 is 1.56 bits per heavy atom. The fourth-order valence-corrected chi connectivity index (χ4v) is 3.64. The molecular weight excluding hydrogens is 264 g/mol. The van der Waals surface area contributed by atoms with Crippen LogP contribution in [0.2, 0.25) is 0 Å². The second-order valence-corrected chi connectivity index (χ2v) is 7.14. The third-order valence-electron chi connectivity index (χ3n) is 1.87. The van der Waals surface area contributed by atoms with Gasteiger partial charge in [0.05, 0.1) is 4.99 Å². The summed E-state index contributed by atoms with van der Waals surface area (Å²) in [5.74, 6) is 0. The number of thiocarbonyl (C=S) groups is 1. The van der Waals surface area contributed by atoms with Gasteiger partial charge in [0, 0.05) is 11.4 Å². The van der Waals surface area contributed by atoms with Gasteiger partial charge in [-0.05, 0) is 31.9 Å². The fourth-order valence-electron chi connectivity index (χ4n) is 1.10. The molecule has 1 rings (SSSR count). The molecule has 0 unspecified atom stereocenters. The Bertz CT molecular complexity index is 465. The Morgan fingerprint density at radius 3 is 2.75 bits per heavy atom. The molecule has 0 saturated carbocycles. The van der Waals surface area contributed by atoms with Crippen molar-refractivity contribution in [3.63, 3.8) is 0 Å². The monoisotopic (exact) mass is 278 g/mol. The predicted octanol–water partition coefficient (Wildman–Crippen LogP) is 1.40. The van der Waals surface area contributed by atoms with Crippen LogP contribution in [-0.4, -0.2) is 20.0 Å². The van der Waals surface area contributed by atoms with E-state index in [9.17, 15) is 8.42 Å². The highest BCUT2D eigenvalue weighted by atomic mass is 32.2. The van der Waals surface area contributed by atoms with E-state index in [1.165, 1.54) is 11.3 Å². The Labute approximate surface area is 105 Å². The molecule has 4 nitrogen and oxygen atoms in total. The summed E-state index contributed by atoms with van der Waals surface area (Å²) < 4.78 is 26.3. The molecule has 90 valence electrons. The van der Waals surface area contributed by atoms with Gasteiger partial charge >= 0.3 is 0 Å². The maximum atomic E-state index is 11.7. The molecule has 0 aliphatic heterocycles. The number of hydrogen-bond acceptors (Lipinski definition) is 4. The van der Waals surface area contributed by atoms with E-state index in [-0.39, 0.29) is 0 Å². The van der Waals surface area contributed by atoms with Crippen LogP contribution in [0.3, 0.4) is 0 Å². The number of nitrogens with two attached hydrogens (primary N) is 1. The first kappa shape index (κ1) is 13.6. The first-order valence-corrected chi connectivity index (χ1v) is 7.47. The average Bonchev–Trinajstić information content (AvgIpc) is 2.60. The van der Waals surface area contributed by atoms with Gasteiger partial charge in [0.25, 0.3) is 0 Å². The molecule has 0 radical (unpaired) electrons. The summed E-state index contributed by atoms with van der Waals surface area (Å²) in [5, 5.41) is 0. The van der Waals surface area contributed by atoms with Crippen molar-refractivity contribution in [2.24, 2.45) is 5.73 Å². The molecule has 3 N–H and O–H groups in total. The average molecular weight is 278 g/mol. The van der Waals surface area contributed by atoms with Crippen LogP contribution in [0.25, 0.3) is 0 Å². The van der Waals surface area contributed by atoms with Crippen LogP contribution < -0.4 is 10.5 Å². The topological polar surface area (TPSA) is 72.2 Å². The Kier molecular flexibility index (Phi) is 4.85. The lowest BCUT2D eigenvalue weighted by atomic mass is 10.3. The molecule has 1 aromatic heterocycles. The molecule has 0 bridgehead atoms. The van der Waals surface area contributed by atoms with E-state index >= 15 is 0 Å². The van der Waals surface area contributed by atoms with Gasteiger partial charge in [-0.15, -0.1) is 11.3 Å². The summed E-state index contributed by atoms with van der Waals surface area (Å²) in [6.45, 7) is 2.23. The molecule has 1 heterocycles. The summed E-state index contributed by atoms with van der Waals surface area (Å²) in [5.41, 5.74) is 5.31. The van der Waals surface area contributed by atoms with Gasteiger partial charge in [-0.25, -0.2) is 13.1 Å². The largest absolute Gasteiger partial charge is 0.393 e. The summed E-state index contributed by atoms with van der Waals surface area (Å²) in [4.78, 5) is 1.38. The smallest absolute Gasteiger partial charge is 0.250 e. The second-order valence-electron chi connectivity index (χ2n) is 3.33. The lowest BCUT2D eigenvalue weighted by molar-refractivity contribution is 0.582. The van der Waals surface area contributed by atoms with Crippen molar-refractivity contribution in [3.05, 3.63) is 17.0 Å². The van der Waals surface area contributed by atoms with Crippen molar-refractivity contribution in [3.8, 4) is 0 Å². The first-order valence-electron chi connectivity index (χ1n) is 4.76. The van der Waals surface area contributed by atoms with E-state index in [0.717, 1.165) is 4.88 Å². The zero-order chi connectivity index (χ0) is 12.2. The van der Waals surface area contributed by atoms with Crippen molar-refractivity contribution in [2.75, 3.05) is 6.54 Å². The Morgan fingerprint density at radius 2 is 2.25 bits per heavy atom. The minimum atomic E-state index is -3.35. The highest BCUT2D eigenvalue weighted by molar-refractivity contribution is 7.91. The lowest BCUT2D eigenvalue weighted by Gasteiger charge is -2.03. The van der Waals surface area contributed by atoms with Crippen LogP contribution in [0.5, 0.6) is 0 Å². The molecule has 0 aliphatic carbocycles. The van der Waals surface area contributed by atoms with Crippen molar-refractivity contribution >= 4 is 38.6 Å². The van der Waals surface area contributed by atoms with Crippen LogP contribution in [0.4, 0.5) is 0 Å². The van der Waals surface area contributed by atoms with Gasteiger partial charge in [0.15, 0.2) is 0 Å². The maximum Gasteiger partial charge on any atom is 0.250 e. The van der Waals surface area contributed by atoms with Crippen LogP contribution in [0.1, 0.15) is 17.7 Å². The summed E-state index contributed by atoms with van der Waals surface area (Å²) in [6, 6.07) is 3.39. The minimum absolute atomic E-state index is 0.348. The molecule has 0 amide bonds. The van der Waals surface area contributed by atoms with E-state index in [2.05, 4.69) is 4.72 Å². The standard InChI is InChI=1S/C9H14N2O2S3/c1-7-4-5-9(15-7)16(12,13)11-6-2-3-8(10)14/h4-5,11H,2-3,6H2,1H3,(H2,10,14). The van der Waals surface area contributed by atoms with E-state index in [0.29, 0.717) is 28.6 Å². The minimum Gasteiger partial charge on any atom is -0.393 e. The molecule has 0 fully saturated rings. The van der Waals surface area contributed by atoms with Gasteiger partial charge in [-0.1, -0.05) is 12.2 Å². The Hall–Kier alpha value is -0.500. The summed E-state index contributed by atoms with van der Waals surface area (Å²) in [6.07, 6.45) is 1.18. The van der Waals surface area contributed by atoms with Gasteiger partial charge in [-0.3, -0.25) is 0 Å². The molecule has 7 heteroatoms. The number of rotatable bonds is 6. The van der Waals surface area contributed by atoms with Crippen LogP contribution >= 0.6 is 23.6 Å². The van der Waals surface area contributed by atoms with Crippen molar-refractivity contribution in [1.82, 2.24) is 4.72 Å². The lowest BCUT2D eigenvalue weighted by Crippen LogP contribution is -2.24. The van der Waals surface area contributed by atoms with Gasteiger partial charge < -0.3 is 5.73 Å². The molecule has 0 spiro atoms. The van der Waals surface area contributed by atoms with Gasteiger partial charge in [-0.2, -0.15) is 0 Å². The highest BCUT2D eigenvalue weighted by Crippen LogP contribution is 2.20. The van der Waals surface area contributed by atoms with Crippen molar-refractivity contribution in [2.45, 2.75) is 24.0 Å². The zero-order valence-electron chi connectivity index (χ0n) is 8.89. The predicted molar refractivity (Wildman–Crippen MR) is 70.3 cm³/mol. The quantitative estimate of drug-likeness (QED) is 0.609. The first-order chi connectivity index (χ1) is 7.42. The Balaban J connectivity index is 2.50. The molecule has 0 saturated heterocycles. The number of hydrogen-bond donors (Lipinski definition) is 2. The third-order valence-corrected chi connectivity index (χ3v) is 5.03. The third kappa shape index (κ3) is 4.17. The van der Waals surface area contributed by atoms with E-state index in [1.54, 1.807) is 12.1 Å². The highest BCUT2D eigenvalue weighted by Gasteiger charge is 2.14. The maximum absolute atomic E-state index is 11.7. The normalized spacial score (nSPS) is 11.6. The summed E-state index contributed by atoms with van der Waals surface area (Å²) in [7, 11) is -3.35. The van der Waals surface area contributed by atoms with E-state index in [1.807, 2.05) is 6.92 Å². The number of sulfonamides is 1. The van der Waals surface area contributed by atoms with Crippen LogP contribution in [-0.2, 0) is 10.0 Å². The fraction of sp³-hybridized carbons (Fsp3) is 0.444. The molecular formula is C9H14N2O2S3. The molecule has 16 heavy (non-hydrogen) atoms. The molecule has 0 aromatic carbocycles. The van der Waals surface area contributed by atoms with E-state index < -0.39 is 10.0 Å². The van der Waals surface area contributed by atoms with Crippen molar-refractivity contribution < 1.29 is 8.42 Å². The van der Waals surface area contributed by atoms with Gasteiger partial charge in [0.1, 0.15) is 4.21 Å². The number of thiophene rings is 1. The van der Waals surface area contributed by atoms with Crippen LogP contribution in [0.15, 0.2) is 16.3 Å². The zero-order valence-corrected chi connectivity index (χ0v) is 11.3. The number of aryl methyl sites for hydroxylation is 1. The second kappa shape index (κ2) is 5.72. The molecule has 0 aliphatic rings.